The molecule has 0 spiro atoms. The van der Waals surface area contributed by atoms with Crippen molar-refractivity contribution in [3.63, 3.8) is 0 Å². The molecule has 7 heteroatoms. The van der Waals surface area contributed by atoms with Gasteiger partial charge in [0.25, 0.3) is 0 Å². The lowest BCUT2D eigenvalue weighted by atomic mass is 10.2. The molecule has 98 valence electrons. The Morgan fingerprint density at radius 2 is 2.17 bits per heavy atom. The molecule has 18 heavy (non-hydrogen) atoms. The van der Waals surface area contributed by atoms with Gasteiger partial charge in [-0.15, -0.1) is 22.7 Å². The molecule has 1 atom stereocenters. The van der Waals surface area contributed by atoms with Crippen LogP contribution >= 0.6 is 34.3 Å². The summed E-state index contributed by atoms with van der Waals surface area (Å²) in [4.78, 5) is 1.16. The average molecular weight is 322 g/mol. The van der Waals surface area contributed by atoms with E-state index in [4.69, 9.17) is 11.6 Å². The first-order chi connectivity index (χ1) is 8.47. The van der Waals surface area contributed by atoms with E-state index in [1.807, 2.05) is 24.4 Å². The molecule has 0 aliphatic rings. The summed E-state index contributed by atoms with van der Waals surface area (Å²) in [7, 11) is -3.45. The molecular formula is C11H12ClNO2S3. The summed E-state index contributed by atoms with van der Waals surface area (Å²) in [6.07, 6.45) is 0.690. The Morgan fingerprint density at radius 3 is 2.72 bits per heavy atom. The first-order valence-electron chi connectivity index (χ1n) is 5.27. The second kappa shape index (κ2) is 5.71. The largest absolute Gasteiger partial charge is 0.250 e. The molecule has 1 unspecified atom stereocenters. The Balaban J connectivity index is 2.04. The Kier molecular flexibility index (Phi) is 4.45. The lowest BCUT2D eigenvalue weighted by molar-refractivity contribution is 0.563. The number of nitrogens with one attached hydrogen (secondary N) is 1. The van der Waals surface area contributed by atoms with Crippen LogP contribution in [0.15, 0.2) is 33.9 Å². The van der Waals surface area contributed by atoms with Crippen LogP contribution in [-0.4, -0.2) is 14.5 Å². The van der Waals surface area contributed by atoms with Crippen molar-refractivity contribution in [3.05, 3.63) is 38.9 Å². The Labute approximate surface area is 119 Å². The third-order valence-corrected chi connectivity index (χ3v) is 6.47. The van der Waals surface area contributed by atoms with Crippen LogP contribution in [0.2, 0.25) is 4.34 Å². The Morgan fingerprint density at radius 1 is 1.39 bits per heavy atom. The van der Waals surface area contributed by atoms with Gasteiger partial charge >= 0.3 is 0 Å². The highest BCUT2D eigenvalue weighted by molar-refractivity contribution is 7.91. The fourth-order valence-corrected chi connectivity index (χ4v) is 5.12. The first kappa shape index (κ1) is 14.0. The van der Waals surface area contributed by atoms with Crippen molar-refractivity contribution in [1.82, 2.24) is 4.72 Å². The van der Waals surface area contributed by atoms with Gasteiger partial charge < -0.3 is 0 Å². The van der Waals surface area contributed by atoms with E-state index in [1.54, 1.807) is 17.4 Å². The van der Waals surface area contributed by atoms with Crippen molar-refractivity contribution in [2.45, 2.75) is 23.6 Å². The normalized spacial score (nSPS) is 13.7. The van der Waals surface area contributed by atoms with E-state index in [1.165, 1.54) is 6.07 Å². The Hall–Kier alpha value is -0.400. The van der Waals surface area contributed by atoms with Gasteiger partial charge in [0.2, 0.25) is 10.0 Å². The molecule has 0 radical (unpaired) electrons. The van der Waals surface area contributed by atoms with Crippen molar-refractivity contribution < 1.29 is 8.42 Å². The van der Waals surface area contributed by atoms with E-state index >= 15 is 0 Å². The van der Waals surface area contributed by atoms with Crippen LogP contribution in [0.1, 0.15) is 11.8 Å². The van der Waals surface area contributed by atoms with Gasteiger partial charge in [0, 0.05) is 10.9 Å². The van der Waals surface area contributed by atoms with Gasteiger partial charge in [0.1, 0.15) is 4.21 Å². The van der Waals surface area contributed by atoms with Gasteiger partial charge in [0.15, 0.2) is 0 Å². The van der Waals surface area contributed by atoms with Crippen molar-refractivity contribution >= 4 is 44.3 Å². The number of hydrogen-bond acceptors (Lipinski definition) is 4. The molecule has 3 nitrogen and oxygen atoms in total. The maximum absolute atomic E-state index is 12.0. The van der Waals surface area contributed by atoms with Crippen LogP contribution in [0.3, 0.4) is 0 Å². The first-order valence-corrected chi connectivity index (χ1v) is 8.83. The standard InChI is InChI=1S/C11H12ClNO2S3/c1-8(7-9-3-2-6-16-9)13-18(14,15)11-5-4-10(12)17-11/h2-6,8,13H,7H2,1H3. The second-order valence-corrected chi connectivity index (χ2v) is 8.55. The molecule has 0 amide bonds. The van der Waals surface area contributed by atoms with Crippen molar-refractivity contribution in [1.29, 1.82) is 0 Å². The molecule has 0 aromatic carbocycles. The summed E-state index contributed by atoms with van der Waals surface area (Å²) >= 11 is 8.43. The van der Waals surface area contributed by atoms with Crippen LogP contribution in [0, 0.1) is 0 Å². The fraction of sp³-hybridized carbons (Fsp3) is 0.273. The van der Waals surface area contributed by atoms with E-state index in [2.05, 4.69) is 4.72 Å². The molecule has 2 rings (SSSR count). The minimum atomic E-state index is -3.45. The zero-order valence-corrected chi connectivity index (χ0v) is 12.8. The molecule has 0 saturated carbocycles. The molecular weight excluding hydrogens is 310 g/mol. The van der Waals surface area contributed by atoms with Crippen molar-refractivity contribution in [3.8, 4) is 0 Å². The quantitative estimate of drug-likeness (QED) is 0.917. The van der Waals surface area contributed by atoms with Crippen molar-refractivity contribution in [2.75, 3.05) is 0 Å². The Bertz CT molecular complexity index is 604. The molecule has 0 aliphatic heterocycles. The minimum absolute atomic E-state index is 0.144. The highest BCUT2D eigenvalue weighted by atomic mass is 35.5. The average Bonchev–Trinajstić information content (AvgIpc) is 2.88. The summed E-state index contributed by atoms with van der Waals surface area (Å²) in [6.45, 7) is 1.85. The second-order valence-electron chi connectivity index (χ2n) is 3.86. The molecule has 0 saturated heterocycles. The van der Waals surface area contributed by atoms with E-state index < -0.39 is 10.0 Å². The predicted octanol–water partition coefficient (Wildman–Crippen LogP) is 3.37. The van der Waals surface area contributed by atoms with E-state index in [-0.39, 0.29) is 10.3 Å². The van der Waals surface area contributed by atoms with E-state index in [9.17, 15) is 8.42 Å². The third-order valence-electron chi connectivity index (χ3n) is 2.26. The zero-order chi connectivity index (χ0) is 13.2. The number of sulfonamides is 1. The summed E-state index contributed by atoms with van der Waals surface area (Å²) in [5.41, 5.74) is 0. The lowest BCUT2D eigenvalue weighted by Crippen LogP contribution is -2.33. The highest BCUT2D eigenvalue weighted by Gasteiger charge is 2.19. The molecule has 0 bridgehead atoms. The molecule has 1 N–H and O–H groups in total. The van der Waals surface area contributed by atoms with Gasteiger partial charge in [-0.3, -0.25) is 0 Å². The van der Waals surface area contributed by atoms with Crippen LogP contribution in [0.5, 0.6) is 0 Å². The summed E-state index contributed by atoms with van der Waals surface area (Å²) < 4.78 is 27.4. The third kappa shape index (κ3) is 3.55. The highest BCUT2D eigenvalue weighted by Crippen LogP contribution is 2.25. The number of rotatable bonds is 5. The molecule has 2 aromatic rings. The van der Waals surface area contributed by atoms with Crippen LogP contribution in [-0.2, 0) is 16.4 Å². The van der Waals surface area contributed by atoms with Gasteiger partial charge in [-0.2, -0.15) is 0 Å². The van der Waals surface area contributed by atoms with Gasteiger partial charge in [-0.05, 0) is 36.9 Å². The zero-order valence-electron chi connectivity index (χ0n) is 9.59. The summed E-state index contributed by atoms with van der Waals surface area (Å²) in [5.74, 6) is 0. The molecule has 0 aliphatic carbocycles. The van der Waals surface area contributed by atoms with Crippen LogP contribution < -0.4 is 4.72 Å². The summed E-state index contributed by atoms with van der Waals surface area (Å²) in [6, 6.07) is 6.92. The van der Waals surface area contributed by atoms with Crippen molar-refractivity contribution in [2.24, 2.45) is 0 Å². The maximum atomic E-state index is 12.0. The molecule has 2 heterocycles. The SMILES string of the molecule is CC(Cc1cccs1)NS(=O)(=O)c1ccc(Cl)s1. The smallest absolute Gasteiger partial charge is 0.207 e. The fourth-order valence-electron chi connectivity index (χ4n) is 1.54. The van der Waals surface area contributed by atoms with Gasteiger partial charge in [-0.25, -0.2) is 13.1 Å². The molecule has 0 fully saturated rings. The topological polar surface area (TPSA) is 46.2 Å². The molecule has 2 aromatic heterocycles. The van der Waals surface area contributed by atoms with Gasteiger partial charge in [-0.1, -0.05) is 17.7 Å². The number of thiophene rings is 2. The van der Waals surface area contributed by atoms with E-state index in [0.29, 0.717) is 10.8 Å². The summed E-state index contributed by atoms with van der Waals surface area (Å²) in [5, 5.41) is 1.98. The van der Waals surface area contributed by atoms with Crippen LogP contribution in [0.4, 0.5) is 0 Å². The van der Waals surface area contributed by atoms with Crippen LogP contribution in [0.25, 0.3) is 0 Å². The predicted molar refractivity (Wildman–Crippen MR) is 77.1 cm³/mol. The maximum Gasteiger partial charge on any atom is 0.250 e. The monoisotopic (exact) mass is 321 g/mol. The lowest BCUT2D eigenvalue weighted by Gasteiger charge is -2.12. The minimum Gasteiger partial charge on any atom is -0.207 e. The number of halogens is 1. The number of hydrogen-bond donors (Lipinski definition) is 1. The van der Waals surface area contributed by atoms with E-state index in [0.717, 1.165) is 16.2 Å². The van der Waals surface area contributed by atoms with Gasteiger partial charge in [0.05, 0.1) is 4.34 Å².